The number of nitrogens with two attached hydrogens (primary N) is 1. The fourth-order valence-corrected chi connectivity index (χ4v) is 13.2. The van der Waals surface area contributed by atoms with Gasteiger partial charge in [-0.05, 0) is 74.1 Å². The van der Waals surface area contributed by atoms with Crippen molar-refractivity contribution < 1.29 is 77.3 Å². The van der Waals surface area contributed by atoms with Crippen molar-refractivity contribution in [2.24, 2.45) is 23.5 Å². The average molecular weight is 1430 g/mol. The lowest BCUT2D eigenvalue weighted by molar-refractivity contribution is -0.140. The van der Waals surface area contributed by atoms with Gasteiger partial charge in [0, 0.05) is 83.3 Å². The van der Waals surface area contributed by atoms with Gasteiger partial charge in [-0.3, -0.25) is 67.1 Å². The highest BCUT2D eigenvalue weighted by atomic mass is 33.1. The first-order chi connectivity index (χ1) is 47.4. The van der Waals surface area contributed by atoms with E-state index in [0.717, 1.165) is 21.6 Å². The maximum Gasteiger partial charge on any atom is 0.305 e. The number of aromatic amines is 3. The van der Waals surface area contributed by atoms with Crippen LogP contribution in [0.2, 0.25) is 0 Å². The molecule has 1 aliphatic heterocycles. The maximum atomic E-state index is 14.9. The van der Waals surface area contributed by atoms with Crippen LogP contribution in [0.1, 0.15) is 104 Å². The van der Waals surface area contributed by atoms with Crippen LogP contribution in [0.25, 0.3) is 21.8 Å². The number of hydrogen-bond acceptors (Lipinski definition) is 18. The number of para-hydroxylation sites is 2. The van der Waals surface area contributed by atoms with E-state index in [4.69, 9.17) is 5.73 Å². The van der Waals surface area contributed by atoms with E-state index in [2.05, 4.69) is 78.4 Å². The van der Waals surface area contributed by atoms with Gasteiger partial charge in [-0.15, -0.1) is 0 Å². The Morgan fingerprint density at radius 1 is 0.570 bits per heavy atom. The van der Waals surface area contributed by atoms with Gasteiger partial charge in [0.1, 0.15) is 54.4 Å². The number of nitrogens with one attached hydrogen (secondary N) is 14. The number of nitrogens with zero attached hydrogens (tertiary/aromatic N) is 1. The Bertz CT molecular complexity index is 3750. The number of hydrogen-bond donors (Lipinski definition) is 17. The van der Waals surface area contributed by atoms with Gasteiger partial charge in [0.15, 0.2) is 5.78 Å². The molecule has 2 aromatic carbocycles. The smallest absolute Gasteiger partial charge is 0.305 e. The van der Waals surface area contributed by atoms with Crippen molar-refractivity contribution in [2.45, 2.75) is 173 Å². The van der Waals surface area contributed by atoms with E-state index in [0.29, 0.717) is 38.6 Å². The molecule has 4 heterocycles. The predicted molar refractivity (Wildman–Crippen MR) is 371 cm³/mol. The number of imidazole rings is 1. The van der Waals surface area contributed by atoms with Crippen LogP contribution in [0, 0.1) is 17.8 Å². The number of Topliss-reactive ketones (excluding diaryl/α,β-unsaturated/α-hetero) is 1. The largest absolute Gasteiger partial charge is 0.481 e. The summed E-state index contributed by atoms with van der Waals surface area (Å²) in [5.41, 5.74) is 8.77. The highest BCUT2D eigenvalue weighted by Crippen LogP contribution is 2.25. The van der Waals surface area contributed by atoms with Gasteiger partial charge < -0.3 is 89.4 Å². The molecule has 0 radical (unpaired) electrons. The molecule has 100 heavy (non-hydrogen) atoms. The molecule has 34 heteroatoms. The summed E-state index contributed by atoms with van der Waals surface area (Å²) in [6.45, 7) is 11.9. The van der Waals surface area contributed by atoms with Gasteiger partial charge in [0.05, 0.1) is 31.4 Å². The Kier molecular flexibility index (Phi) is 30.0. The third kappa shape index (κ3) is 24.3. The maximum absolute atomic E-state index is 14.9. The summed E-state index contributed by atoms with van der Waals surface area (Å²) in [6.07, 6.45) is 3.38. The molecule has 1 fully saturated rings. The average Bonchev–Trinajstić information content (AvgIpc) is 1.63. The summed E-state index contributed by atoms with van der Waals surface area (Å²) in [7, 11) is 1.91. The lowest BCUT2D eigenvalue weighted by atomic mass is 9.98. The number of carbonyl (C=O) groups excluding carboxylic acids is 12. The van der Waals surface area contributed by atoms with Crippen LogP contribution in [0.15, 0.2) is 73.4 Å². The summed E-state index contributed by atoms with van der Waals surface area (Å²) in [5, 5.41) is 49.2. The quantitative estimate of drug-likeness (QED) is 0.0475. The van der Waals surface area contributed by atoms with Gasteiger partial charge >= 0.3 is 11.9 Å². The molecular formula is C66H90N16O16S2. The number of fused-ring (bicyclic) bond motifs is 2. The first-order valence-corrected chi connectivity index (χ1v) is 35.2. The number of rotatable bonds is 19. The van der Waals surface area contributed by atoms with E-state index in [1.54, 1.807) is 102 Å². The van der Waals surface area contributed by atoms with Crippen molar-refractivity contribution in [3.63, 3.8) is 0 Å². The number of amides is 11. The Morgan fingerprint density at radius 2 is 1.07 bits per heavy atom. The van der Waals surface area contributed by atoms with E-state index in [1.807, 2.05) is 0 Å². The number of carboxylic acids is 2. The molecule has 11 amide bonds. The number of aromatic nitrogens is 4. The summed E-state index contributed by atoms with van der Waals surface area (Å²) >= 11 is 0. The number of carboxylic acid groups (broad SMARTS) is 2. The molecule has 0 unspecified atom stereocenters. The van der Waals surface area contributed by atoms with Crippen molar-refractivity contribution >= 4 is 126 Å². The molecule has 6 rings (SSSR count). The standard InChI is InChI=1S/C66H90N16O16S2/c1-32(2)19-46-59(91)71-28-53(84)74-45(17-18-54(85)86)60(92)77-47(20-33(3)4)64(96)82-56(34(5)6)66(98)79-49(22-38-26-70-44-16-12-10-14-41(38)44)62(94)80-51(36(8)83)29-99-100-30-52(81-58(90)42(67)24-55(87)88)65(97)73-35(7)57(89)75-48(21-37-25-69-43-15-11-9-13-40(37)43)61(93)78-50(63(95)76-46)23-39-27-68-31-72-39/h9-16,25-27,31-35,42,45-52,56,69-70H,17-24,28-30,67H2,1-8H3,(H,68,72)(H,71,91)(H,73,97)(H,74,84)(H,75,89)(H,76,95)(H,77,92)(H,78,93)(H,79,98)(H,80,94)(H,81,90)(H,82,96)(H,85,86)(H,87,88)/t35-,42-,45-,46-,47-,48-,49-,50-,51-,52-,56-/m0/s1. The van der Waals surface area contributed by atoms with Gasteiger partial charge in [0.25, 0.3) is 0 Å². The molecule has 0 aliphatic carbocycles. The fraction of sp³-hybridized carbons (Fsp3) is 0.500. The zero-order chi connectivity index (χ0) is 73.5. The van der Waals surface area contributed by atoms with Crippen LogP contribution in [0.5, 0.6) is 0 Å². The highest BCUT2D eigenvalue weighted by molar-refractivity contribution is 8.76. The van der Waals surface area contributed by atoms with Crippen molar-refractivity contribution in [3.05, 3.63) is 90.3 Å². The van der Waals surface area contributed by atoms with Gasteiger partial charge in [-0.1, -0.05) is 99.5 Å². The Hall–Kier alpha value is -9.83. The second-order valence-corrected chi connectivity index (χ2v) is 28.3. The number of H-pyrrole nitrogens is 3. The molecule has 3 aromatic heterocycles. The second-order valence-electron chi connectivity index (χ2n) is 25.7. The Balaban J connectivity index is 1.38. The summed E-state index contributed by atoms with van der Waals surface area (Å²) in [5.74, 6) is -15.2. The van der Waals surface area contributed by atoms with Crippen molar-refractivity contribution in [1.82, 2.24) is 78.4 Å². The normalized spacial score (nSPS) is 23.4. The fourth-order valence-electron chi connectivity index (χ4n) is 10.8. The molecule has 18 N–H and O–H groups in total. The van der Waals surface area contributed by atoms with E-state index in [1.165, 1.54) is 26.4 Å². The molecule has 1 aliphatic rings. The molecule has 542 valence electrons. The van der Waals surface area contributed by atoms with Crippen molar-refractivity contribution in [2.75, 3.05) is 18.1 Å². The van der Waals surface area contributed by atoms with Crippen LogP contribution in [-0.2, 0) is 86.4 Å². The predicted octanol–water partition coefficient (Wildman–Crippen LogP) is -0.217. The molecule has 1 saturated heterocycles. The molecular weight excluding hydrogens is 1340 g/mol. The number of aliphatic carboxylic acids is 2. The van der Waals surface area contributed by atoms with E-state index >= 15 is 0 Å². The zero-order valence-corrected chi connectivity index (χ0v) is 58.4. The van der Waals surface area contributed by atoms with Crippen LogP contribution >= 0.6 is 21.6 Å². The monoisotopic (exact) mass is 1430 g/mol. The van der Waals surface area contributed by atoms with Crippen LogP contribution < -0.4 is 64.2 Å². The minimum absolute atomic E-state index is 0.0203. The first kappa shape index (κ1) is 79.2. The Morgan fingerprint density at radius 3 is 1.60 bits per heavy atom. The topological polar surface area (TPSA) is 498 Å². The Labute approximate surface area is 584 Å². The second kappa shape index (κ2) is 37.9. The van der Waals surface area contributed by atoms with E-state index < -0.39 is 181 Å². The van der Waals surface area contributed by atoms with E-state index in [9.17, 15) is 77.3 Å². The van der Waals surface area contributed by atoms with Gasteiger partial charge in [-0.2, -0.15) is 0 Å². The highest BCUT2D eigenvalue weighted by Gasteiger charge is 2.37. The van der Waals surface area contributed by atoms with Crippen molar-refractivity contribution in [3.8, 4) is 0 Å². The van der Waals surface area contributed by atoms with Crippen LogP contribution in [0.4, 0.5) is 0 Å². The lowest BCUT2D eigenvalue weighted by Gasteiger charge is -2.29. The number of carbonyl (C=O) groups is 14. The minimum atomic E-state index is -1.64. The molecule has 5 aromatic rings. The third-order valence-corrected chi connectivity index (χ3v) is 18.6. The lowest BCUT2D eigenvalue weighted by Crippen LogP contribution is -2.60. The van der Waals surface area contributed by atoms with Crippen LogP contribution in [-0.4, -0.2) is 197 Å². The molecule has 0 saturated carbocycles. The van der Waals surface area contributed by atoms with Gasteiger partial charge in [-0.25, -0.2) is 4.98 Å². The summed E-state index contributed by atoms with van der Waals surface area (Å²) in [4.78, 5) is 208. The molecule has 32 nitrogen and oxygen atoms in total. The molecule has 11 atom stereocenters. The molecule has 0 bridgehead atoms. The SMILES string of the molecule is CC(=O)[C@@H]1CSSC[C@H](NC(=O)[C@@H](N)CC(=O)O)C(=O)N[C@@H](C)C(=O)N[C@@H](Cc2c[nH]c3ccccc23)C(=O)N[C@@H](Cc2cnc[nH]2)C(=O)N[C@@H](CC(C)C)C(=O)NCC(=O)N[C@@H](CCC(=O)O)C(=O)N[C@@H](CC(C)C)C(=O)N[C@@H](C(C)C)C(=O)N[C@@H](Cc2c[nH]c3ccccc23)C(=O)N1. The van der Waals surface area contributed by atoms with Crippen molar-refractivity contribution in [1.29, 1.82) is 0 Å². The van der Waals surface area contributed by atoms with Crippen LogP contribution in [0.3, 0.4) is 0 Å². The van der Waals surface area contributed by atoms with Gasteiger partial charge in [0.2, 0.25) is 65.0 Å². The summed E-state index contributed by atoms with van der Waals surface area (Å²) in [6, 6.07) is -1.90. The minimum Gasteiger partial charge on any atom is -0.481 e. The zero-order valence-electron chi connectivity index (χ0n) is 56.7. The van der Waals surface area contributed by atoms with E-state index in [-0.39, 0.29) is 55.4 Å². The molecule has 0 spiro atoms. The number of benzene rings is 2. The third-order valence-electron chi connectivity index (χ3n) is 16.2. The summed E-state index contributed by atoms with van der Waals surface area (Å²) < 4.78 is 0. The number of ketones is 1. The first-order valence-electron chi connectivity index (χ1n) is 32.7.